The predicted molar refractivity (Wildman–Crippen MR) is 68.1 cm³/mol. The molecule has 1 aliphatic carbocycles. The molecule has 0 aromatic heterocycles. The van der Waals surface area contributed by atoms with Gasteiger partial charge in [-0.05, 0) is 23.5 Å². The van der Waals surface area contributed by atoms with Crippen molar-refractivity contribution in [3.63, 3.8) is 0 Å². The summed E-state index contributed by atoms with van der Waals surface area (Å²) in [5.74, 6) is 1.11. The van der Waals surface area contributed by atoms with E-state index in [1.165, 1.54) is 0 Å². The first-order valence-electron chi connectivity index (χ1n) is 6.14. The number of nitrogens with two attached hydrogens (primary N) is 1. The number of nitrogens with zero attached hydrogens (tertiary/aromatic N) is 1. The first kappa shape index (κ1) is 12.1. The average molecular weight is 232 g/mol. The van der Waals surface area contributed by atoms with Gasteiger partial charge in [-0.15, -0.1) is 0 Å². The van der Waals surface area contributed by atoms with Gasteiger partial charge in [0.2, 0.25) is 5.91 Å². The summed E-state index contributed by atoms with van der Waals surface area (Å²) in [5, 5.41) is 0. The molecular weight excluding hydrogens is 212 g/mol. The molecule has 2 rings (SSSR count). The number of carbonyl (C=O) groups is 1. The van der Waals surface area contributed by atoms with Gasteiger partial charge < -0.3 is 10.6 Å². The van der Waals surface area contributed by atoms with Crippen molar-refractivity contribution in [2.45, 2.75) is 26.4 Å². The van der Waals surface area contributed by atoms with Crippen LogP contribution in [0.25, 0.3) is 0 Å². The zero-order valence-electron chi connectivity index (χ0n) is 10.5. The first-order chi connectivity index (χ1) is 8.11. The molecule has 0 aliphatic heterocycles. The molecule has 1 amide bonds. The molecule has 1 saturated carbocycles. The van der Waals surface area contributed by atoms with Crippen molar-refractivity contribution in [1.82, 2.24) is 4.90 Å². The maximum Gasteiger partial charge on any atom is 0.226 e. The second-order valence-corrected chi connectivity index (χ2v) is 5.04. The molecule has 2 atom stereocenters. The van der Waals surface area contributed by atoms with E-state index >= 15 is 0 Å². The lowest BCUT2D eigenvalue weighted by Crippen LogP contribution is -2.28. The van der Waals surface area contributed by atoms with Gasteiger partial charge >= 0.3 is 0 Å². The number of carbonyl (C=O) groups excluding carboxylic acids is 1. The van der Waals surface area contributed by atoms with Crippen LogP contribution in [0.4, 0.5) is 0 Å². The van der Waals surface area contributed by atoms with E-state index in [0.29, 0.717) is 19.0 Å². The van der Waals surface area contributed by atoms with Gasteiger partial charge in [0.15, 0.2) is 0 Å². The molecule has 1 aromatic rings. The summed E-state index contributed by atoms with van der Waals surface area (Å²) in [7, 11) is 1.88. The van der Waals surface area contributed by atoms with Crippen molar-refractivity contribution in [1.29, 1.82) is 0 Å². The van der Waals surface area contributed by atoms with Gasteiger partial charge in [-0.25, -0.2) is 0 Å². The normalized spacial score (nSPS) is 22.3. The fourth-order valence-electron chi connectivity index (χ4n) is 2.16. The zero-order chi connectivity index (χ0) is 12.4. The van der Waals surface area contributed by atoms with Crippen molar-refractivity contribution in [3.05, 3.63) is 35.4 Å². The summed E-state index contributed by atoms with van der Waals surface area (Å²) in [6, 6.07) is 8.11. The van der Waals surface area contributed by atoms with Crippen LogP contribution in [0.1, 0.15) is 24.5 Å². The van der Waals surface area contributed by atoms with E-state index in [9.17, 15) is 4.79 Å². The third-order valence-corrected chi connectivity index (χ3v) is 3.45. The molecule has 17 heavy (non-hydrogen) atoms. The molecule has 3 heteroatoms. The number of hydrogen-bond acceptors (Lipinski definition) is 2. The molecule has 0 spiro atoms. The average Bonchev–Trinajstić information content (AvgIpc) is 3.05. The van der Waals surface area contributed by atoms with E-state index in [-0.39, 0.29) is 11.8 Å². The minimum absolute atomic E-state index is 0.262. The molecule has 0 heterocycles. The zero-order valence-corrected chi connectivity index (χ0v) is 10.5. The summed E-state index contributed by atoms with van der Waals surface area (Å²) in [6.07, 6.45) is 1.05. The highest BCUT2D eigenvalue weighted by Gasteiger charge is 2.40. The number of amides is 1. The molecule has 0 saturated heterocycles. The third-order valence-electron chi connectivity index (χ3n) is 3.45. The van der Waals surface area contributed by atoms with E-state index in [1.807, 2.05) is 30.1 Å². The van der Waals surface area contributed by atoms with E-state index in [1.54, 1.807) is 0 Å². The Morgan fingerprint density at radius 1 is 1.47 bits per heavy atom. The van der Waals surface area contributed by atoms with Crippen LogP contribution in [0.15, 0.2) is 24.3 Å². The second kappa shape index (κ2) is 4.88. The molecule has 92 valence electrons. The summed E-state index contributed by atoms with van der Waals surface area (Å²) in [5.41, 5.74) is 7.87. The molecule has 2 unspecified atom stereocenters. The van der Waals surface area contributed by atoms with Crippen molar-refractivity contribution in [2.24, 2.45) is 17.6 Å². The van der Waals surface area contributed by atoms with Crippen molar-refractivity contribution >= 4 is 5.91 Å². The Hall–Kier alpha value is -1.35. The smallest absolute Gasteiger partial charge is 0.226 e. The van der Waals surface area contributed by atoms with Crippen LogP contribution in [-0.4, -0.2) is 17.9 Å². The molecule has 3 nitrogen and oxygen atoms in total. The van der Waals surface area contributed by atoms with E-state index in [0.717, 1.165) is 17.5 Å². The minimum Gasteiger partial charge on any atom is -0.341 e. The molecule has 0 bridgehead atoms. The topological polar surface area (TPSA) is 46.3 Å². The van der Waals surface area contributed by atoms with E-state index in [4.69, 9.17) is 5.73 Å². The maximum absolute atomic E-state index is 12.0. The molecule has 2 N–H and O–H groups in total. The molecule has 1 fully saturated rings. The summed E-state index contributed by atoms with van der Waals surface area (Å²) in [4.78, 5) is 13.8. The van der Waals surface area contributed by atoms with Crippen molar-refractivity contribution in [3.8, 4) is 0 Å². The minimum atomic E-state index is 0.262. The lowest BCUT2D eigenvalue weighted by atomic mass is 10.1. The standard InChI is InChI=1S/C14H20N2O/c1-10-6-13(10)14(17)16(2)9-12-5-3-4-11(7-12)8-15/h3-5,7,10,13H,6,8-9,15H2,1-2H3. The highest BCUT2D eigenvalue weighted by molar-refractivity contribution is 5.81. The van der Waals surface area contributed by atoms with Crippen LogP contribution in [0, 0.1) is 11.8 Å². The number of hydrogen-bond donors (Lipinski definition) is 1. The fourth-order valence-corrected chi connectivity index (χ4v) is 2.16. The van der Waals surface area contributed by atoms with Gasteiger partial charge in [0.25, 0.3) is 0 Å². The van der Waals surface area contributed by atoms with E-state index < -0.39 is 0 Å². The van der Waals surface area contributed by atoms with Gasteiger partial charge in [0.05, 0.1) is 0 Å². The van der Waals surface area contributed by atoms with Gasteiger partial charge in [-0.3, -0.25) is 4.79 Å². The number of rotatable bonds is 4. The van der Waals surface area contributed by atoms with Gasteiger partial charge in [0, 0.05) is 26.1 Å². The lowest BCUT2D eigenvalue weighted by molar-refractivity contribution is -0.132. The Morgan fingerprint density at radius 2 is 2.12 bits per heavy atom. The van der Waals surface area contributed by atoms with Crippen LogP contribution in [0.2, 0.25) is 0 Å². The number of benzene rings is 1. The Bertz CT molecular complexity index is 416. The Kier molecular flexibility index (Phi) is 3.48. The van der Waals surface area contributed by atoms with Gasteiger partial charge in [0.1, 0.15) is 0 Å². The molecular formula is C14H20N2O. The van der Waals surface area contributed by atoms with Crippen molar-refractivity contribution < 1.29 is 4.79 Å². The molecule has 0 radical (unpaired) electrons. The quantitative estimate of drug-likeness (QED) is 0.859. The SMILES string of the molecule is CC1CC1C(=O)N(C)Cc1cccc(CN)c1. The van der Waals surface area contributed by atoms with Crippen LogP contribution in [0.5, 0.6) is 0 Å². The highest BCUT2D eigenvalue weighted by Crippen LogP contribution is 2.39. The Morgan fingerprint density at radius 3 is 2.71 bits per heavy atom. The van der Waals surface area contributed by atoms with Crippen LogP contribution in [-0.2, 0) is 17.9 Å². The fraction of sp³-hybridized carbons (Fsp3) is 0.500. The summed E-state index contributed by atoms with van der Waals surface area (Å²) in [6.45, 7) is 3.35. The molecule has 1 aliphatic rings. The monoisotopic (exact) mass is 232 g/mol. The van der Waals surface area contributed by atoms with Gasteiger partial charge in [-0.2, -0.15) is 0 Å². The Balaban J connectivity index is 1.97. The van der Waals surface area contributed by atoms with Crippen LogP contribution >= 0.6 is 0 Å². The summed E-state index contributed by atoms with van der Waals surface area (Å²) < 4.78 is 0. The summed E-state index contributed by atoms with van der Waals surface area (Å²) >= 11 is 0. The predicted octanol–water partition coefficient (Wildman–Crippen LogP) is 1.76. The third kappa shape index (κ3) is 2.86. The Labute approximate surface area is 103 Å². The maximum atomic E-state index is 12.0. The second-order valence-electron chi connectivity index (χ2n) is 5.04. The van der Waals surface area contributed by atoms with E-state index in [2.05, 4.69) is 13.0 Å². The van der Waals surface area contributed by atoms with Crippen molar-refractivity contribution in [2.75, 3.05) is 7.05 Å². The largest absolute Gasteiger partial charge is 0.341 e. The van der Waals surface area contributed by atoms with Crippen LogP contribution in [0.3, 0.4) is 0 Å². The first-order valence-corrected chi connectivity index (χ1v) is 6.14. The van der Waals surface area contributed by atoms with Gasteiger partial charge in [-0.1, -0.05) is 31.2 Å². The molecule has 1 aromatic carbocycles. The van der Waals surface area contributed by atoms with Crippen LogP contribution < -0.4 is 5.73 Å². The lowest BCUT2D eigenvalue weighted by Gasteiger charge is -2.17. The highest BCUT2D eigenvalue weighted by atomic mass is 16.2.